The van der Waals surface area contributed by atoms with Crippen molar-refractivity contribution < 1.29 is 10.2 Å². The average Bonchev–Trinajstić information content (AvgIpc) is 2.74. The van der Waals surface area contributed by atoms with Crippen molar-refractivity contribution in [1.29, 1.82) is 0 Å². The van der Waals surface area contributed by atoms with Gasteiger partial charge in [-0.15, -0.1) is 0 Å². The van der Waals surface area contributed by atoms with Gasteiger partial charge in [-0.3, -0.25) is 4.79 Å². The highest BCUT2D eigenvalue weighted by Crippen LogP contribution is 2.10. The fourth-order valence-electron chi connectivity index (χ4n) is 1.58. The number of aromatic nitrogens is 3. The van der Waals surface area contributed by atoms with Crippen LogP contribution in [0.2, 0.25) is 0 Å². The minimum atomic E-state index is -0.781. The number of nitrogens with zero attached hydrogens (tertiary/aromatic N) is 1. The topological polar surface area (TPSA) is 114 Å². The molecule has 17 heavy (non-hydrogen) atoms. The quantitative estimate of drug-likeness (QED) is 0.444. The zero-order chi connectivity index (χ0) is 12.3. The maximum Gasteiger partial charge on any atom is 0.275 e. The SMILES string of the molecule is O=c1[nH]cnc2c(CNC[C@H](O)CO)c[nH]c12. The highest BCUT2D eigenvalue weighted by molar-refractivity contribution is 5.77. The minimum absolute atomic E-state index is 0.211. The van der Waals surface area contributed by atoms with E-state index in [-0.39, 0.29) is 18.7 Å². The predicted octanol–water partition coefficient (Wildman–Crippen LogP) is -1.31. The molecule has 0 aliphatic heterocycles. The molecule has 2 heterocycles. The molecule has 0 aliphatic rings. The first-order valence-corrected chi connectivity index (χ1v) is 5.25. The van der Waals surface area contributed by atoms with Gasteiger partial charge in [0, 0.05) is 24.8 Å². The molecular weight excluding hydrogens is 224 g/mol. The monoisotopic (exact) mass is 238 g/mol. The molecule has 2 aromatic rings. The third kappa shape index (κ3) is 2.52. The van der Waals surface area contributed by atoms with Crippen molar-refractivity contribution in [2.75, 3.05) is 13.2 Å². The summed E-state index contributed by atoms with van der Waals surface area (Å²) in [6.07, 6.45) is 2.27. The van der Waals surface area contributed by atoms with Gasteiger partial charge in [0.2, 0.25) is 0 Å². The van der Waals surface area contributed by atoms with Crippen molar-refractivity contribution >= 4 is 11.0 Å². The summed E-state index contributed by atoms with van der Waals surface area (Å²) in [5, 5.41) is 20.8. The van der Waals surface area contributed by atoms with Gasteiger partial charge in [0.25, 0.3) is 5.56 Å². The number of aliphatic hydroxyl groups excluding tert-OH is 2. The highest BCUT2D eigenvalue weighted by atomic mass is 16.3. The summed E-state index contributed by atoms with van der Waals surface area (Å²) in [7, 11) is 0. The Bertz CT molecular complexity index is 548. The lowest BCUT2D eigenvalue weighted by Crippen LogP contribution is -2.28. The number of aromatic amines is 2. The summed E-state index contributed by atoms with van der Waals surface area (Å²) in [4.78, 5) is 20.8. The van der Waals surface area contributed by atoms with Crippen molar-refractivity contribution in [3.05, 3.63) is 28.4 Å². The van der Waals surface area contributed by atoms with Crippen LogP contribution in [0.3, 0.4) is 0 Å². The molecule has 2 aromatic heterocycles. The lowest BCUT2D eigenvalue weighted by atomic mass is 10.2. The molecule has 2 rings (SSSR count). The second kappa shape index (κ2) is 5.09. The zero-order valence-electron chi connectivity index (χ0n) is 9.10. The standard InChI is InChI=1S/C10H14N4O3/c15-4-7(16)3-11-1-6-2-12-9-8(6)13-5-14-10(9)17/h2,5,7,11-12,15-16H,1,3-4H2,(H,13,14,17)/t7-/m0/s1. The third-order valence-corrected chi connectivity index (χ3v) is 2.45. The van der Waals surface area contributed by atoms with Crippen LogP contribution in [0.4, 0.5) is 0 Å². The Labute approximate surface area is 96.5 Å². The number of hydrogen-bond acceptors (Lipinski definition) is 5. The maximum atomic E-state index is 11.4. The first-order chi connectivity index (χ1) is 8.22. The van der Waals surface area contributed by atoms with E-state index in [1.54, 1.807) is 6.20 Å². The molecule has 5 N–H and O–H groups in total. The Balaban J connectivity index is 2.09. The van der Waals surface area contributed by atoms with Gasteiger partial charge in [-0.25, -0.2) is 4.98 Å². The van der Waals surface area contributed by atoms with Crippen molar-refractivity contribution in [1.82, 2.24) is 20.3 Å². The molecular formula is C10H14N4O3. The van der Waals surface area contributed by atoms with E-state index < -0.39 is 6.10 Å². The van der Waals surface area contributed by atoms with Gasteiger partial charge in [0.15, 0.2) is 0 Å². The molecule has 7 heteroatoms. The lowest BCUT2D eigenvalue weighted by Gasteiger charge is -2.07. The van der Waals surface area contributed by atoms with E-state index >= 15 is 0 Å². The predicted molar refractivity (Wildman–Crippen MR) is 61.5 cm³/mol. The van der Waals surface area contributed by atoms with Crippen molar-refractivity contribution in [2.45, 2.75) is 12.6 Å². The van der Waals surface area contributed by atoms with E-state index in [1.807, 2.05) is 0 Å². The molecule has 0 aromatic carbocycles. The number of rotatable bonds is 5. The van der Waals surface area contributed by atoms with Gasteiger partial charge in [0.05, 0.1) is 24.6 Å². The Kier molecular flexibility index (Phi) is 3.52. The first-order valence-electron chi connectivity index (χ1n) is 5.25. The van der Waals surface area contributed by atoms with Crippen LogP contribution >= 0.6 is 0 Å². The summed E-state index contributed by atoms with van der Waals surface area (Å²) in [6, 6.07) is 0. The summed E-state index contributed by atoms with van der Waals surface area (Å²) in [6.45, 7) is 0.471. The Morgan fingerprint density at radius 2 is 2.29 bits per heavy atom. The van der Waals surface area contributed by atoms with Crippen LogP contribution in [-0.2, 0) is 6.54 Å². The minimum Gasteiger partial charge on any atom is -0.394 e. The lowest BCUT2D eigenvalue weighted by molar-refractivity contribution is 0.0942. The van der Waals surface area contributed by atoms with Crippen LogP contribution < -0.4 is 10.9 Å². The van der Waals surface area contributed by atoms with Gasteiger partial charge in [-0.2, -0.15) is 0 Å². The second-order valence-electron chi connectivity index (χ2n) is 3.74. The smallest absolute Gasteiger partial charge is 0.275 e. The summed E-state index contributed by atoms with van der Waals surface area (Å²) in [5.74, 6) is 0. The molecule has 7 nitrogen and oxygen atoms in total. The average molecular weight is 238 g/mol. The maximum absolute atomic E-state index is 11.4. The van der Waals surface area contributed by atoms with E-state index in [4.69, 9.17) is 10.2 Å². The number of nitrogens with one attached hydrogen (secondary N) is 3. The van der Waals surface area contributed by atoms with Crippen LogP contribution in [0.15, 0.2) is 17.3 Å². The van der Waals surface area contributed by atoms with Crippen LogP contribution in [-0.4, -0.2) is 44.4 Å². The molecule has 0 saturated carbocycles. The molecule has 0 radical (unpaired) electrons. The van der Waals surface area contributed by atoms with E-state index in [0.717, 1.165) is 5.56 Å². The van der Waals surface area contributed by atoms with Gasteiger partial charge in [-0.1, -0.05) is 0 Å². The largest absolute Gasteiger partial charge is 0.394 e. The van der Waals surface area contributed by atoms with Crippen LogP contribution in [0, 0.1) is 0 Å². The fraction of sp³-hybridized carbons (Fsp3) is 0.400. The van der Waals surface area contributed by atoms with Gasteiger partial charge < -0.3 is 25.5 Å². The van der Waals surface area contributed by atoms with E-state index in [9.17, 15) is 4.79 Å². The number of hydrogen-bond donors (Lipinski definition) is 5. The number of aliphatic hydroxyl groups is 2. The number of fused-ring (bicyclic) bond motifs is 1. The normalized spacial score (nSPS) is 13.1. The molecule has 0 aliphatic carbocycles. The summed E-state index contributed by atoms with van der Waals surface area (Å²) < 4.78 is 0. The first kappa shape index (κ1) is 11.8. The molecule has 92 valence electrons. The summed E-state index contributed by atoms with van der Waals surface area (Å²) in [5.41, 5.74) is 1.68. The van der Waals surface area contributed by atoms with E-state index in [0.29, 0.717) is 17.6 Å². The van der Waals surface area contributed by atoms with Crippen LogP contribution in [0.5, 0.6) is 0 Å². The van der Waals surface area contributed by atoms with Crippen molar-refractivity contribution in [3.8, 4) is 0 Å². The Hall–Kier alpha value is -1.70. The Morgan fingerprint density at radius 1 is 1.47 bits per heavy atom. The molecule has 0 fully saturated rings. The third-order valence-electron chi connectivity index (χ3n) is 2.45. The number of H-pyrrole nitrogens is 2. The zero-order valence-corrected chi connectivity index (χ0v) is 9.10. The van der Waals surface area contributed by atoms with Crippen LogP contribution in [0.1, 0.15) is 5.56 Å². The summed E-state index contributed by atoms with van der Waals surface area (Å²) >= 11 is 0. The fourth-order valence-corrected chi connectivity index (χ4v) is 1.58. The van der Waals surface area contributed by atoms with Gasteiger partial charge in [-0.05, 0) is 0 Å². The van der Waals surface area contributed by atoms with Crippen LogP contribution in [0.25, 0.3) is 11.0 Å². The second-order valence-corrected chi connectivity index (χ2v) is 3.74. The van der Waals surface area contributed by atoms with E-state index in [2.05, 4.69) is 20.3 Å². The molecule has 0 saturated heterocycles. The molecule has 1 atom stereocenters. The van der Waals surface area contributed by atoms with Crippen molar-refractivity contribution in [3.63, 3.8) is 0 Å². The van der Waals surface area contributed by atoms with Crippen molar-refractivity contribution in [2.24, 2.45) is 0 Å². The molecule has 0 unspecified atom stereocenters. The van der Waals surface area contributed by atoms with Gasteiger partial charge in [0.1, 0.15) is 5.52 Å². The van der Waals surface area contributed by atoms with Gasteiger partial charge >= 0.3 is 0 Å². The highest BCUT2D eigenvalue weighted by Gasteiger charge is 2.08. The van der Waals surface area contributed by atoms with E-state index in [1.165, 1.54) is 6.33 Å². The molecule has 0 amide bonds. The Morgan fingerprint density at radius 3 is 3.06 bits per heavy atom. The molecule has 0 bridgehead atoms. The molecule has 0 spiro atoms.